The third-order valence-electron chi connectivity index (χ3n) is 2.71. The van der Waals surface area contributed by atoms with Crippen molar-refractivity contribution in [3.63, 3.8) is 0 Å². The van der Waals surface area contributed by atoms with Crippen LogP contribution in [-0.4, -0.2) is 43.3 Å². The lowest BCUT2D eigenvalue weighted by molar-refractivity contribution is 0.165. The summed E-state index contributed by atoms with van der Waals surface area (Å²) in [7, 11) is -3.14. The number of hydrogen-bond donors (Lipinski definition) is 1. The fourth-order valence-corrected chi connectivity index (χ4v) is 3.36. The highest BCUT2D eigenvalue weighted by atomic mass is 32.2. The number of sulfonamides is 1. The number of rotatable bonds is 5. The summed E-state index contributed by atoms with van der Waals surface area (Å²) in [5.74, 6) is 0.242. The van der Waals surface area contributed by atoms with Crippen molar-refractivity contribution < 1.29 is 13.5 Å². The Kier molecular flexibility index (Phi) is 4.76. The van der Waals surface area contributed by atoms with E-state index in [1.54, 1.807) is 6.08 Å². The van der Waals surface area contributed by atoms with Gasteiger partial charge < -0.3 is 5.11 Å². The number of allylic oxidation sites excluding steroid dienone is 1. The molecule has 0 aromatic heterocycles. The molecule has 0 unspecified atom stereocenters. The molecule has 1 fully saturated rings. The lowest BCUT2D eigenvalue weighted by Gasteiger charge is -2.30. The Morgan fingerprint density at radius 1 is 1.53 bits per heavy atom. The van der Waals surface area contributed by atoms with Crippen molar-refractivity contribution >= 4 is 10.0 Å². The van der Waals surface area contributed by atoms with E-state index in [1.165, 1.54) is 4.31 Å². The van der Waals surface area contributed by atoms with Gasteiger partial charge in [0.15, 0.2) is 0 Å². The van der Waals surface area contributed by atoms with Gasteiger partial charge in [-0.25, -0.2) is 12.7 Å². The first-order valence-corrected chi connectivity index (χ1v) is 6.90. The van der Waals surface area contributed by atoms with Crippen molar-refractivity contribution in [2.75, 3.05) is 25.4 Å². The summed E-state index contributed by atoms with van der Waals surface area (Å²) in [6, 6.07) is 0. The summed E-state index contributed by atoms with van der Waals surface area (Å²) in [6.45, 7) is 4.66. The van der Waals surface area contributed by atoms with E-state index in [0.29, 0.717) is 19.5 Å². The van der Waals surface area contributed by atoms with E-state index in [2.05, 4.69) is 6.58 Å². The molecule has 0 aliphatic carbocycles. The summed E-state index contributed by atoms with van der Waals surface area (Å²) in [6.07, 6.45) is 3.87. The van der Waals surface area contributed by atoms with Crippen LogP contribution in [0.4, 0.5) is 0 Å². The van der Waals surface area contributed by atoms with E-state index >= 15 is 0 Å². The molecular formula is C10H19NO3S. The summed E-state index contributed by atoms with van der Waals surface area (Å²) in [5, 5.41) is 9.01. The molecule has 1 rings (SSSR count). The summed E-state index contributed by atoms with van der Waals surface area (Å²) in [5.41, 5.74) is 0. The maximum atomic E-state index is 11.8. The van der Waals surface area contributed by atoms with Crippen LogP contribution >= 0.6 is 0 Å². The quantitative estimate of drug-likeness (QED) is 0.707. The standard InChI is InChI=1S/C10H19NO3S/c1-2-3-7-15(13,14)11-6-4-5-10(8-11)9-12/h2,10,12H,1,3-9H2/t10-/m0/s1. The molecule has 0 radical (unpaired) electrons. The van der Waals surface area contributed by atoms with Crippen molar-refractivity contribution in [3.8, 4) is 0 Å². The van der Waals surface area contributed by atoms with Crippen LogP contribution in [0.2, 0.25) is 0 Å². The van der Waals surface area contributed by atoms with Crippen molar-refractivity contribution in [1.29, 1.82) is 0 Å². The van der Waals surface area contributed by atoms with Gasteiger partial charge in [-0.3, -0.25) is 0 Å². The molecule has 0 saturated carbocycles. The summed E-state index contributed by atoms with van der Waals surface area (Å²) >= 11 is 0. The van der Waals surface area contributed by atoms with Crippen LogP contribution in [0.3, 0.4) is 0 Å². The van der Waals surface area contributed by atoms with Crippen LogP contribution in [0.15, 0.2) is 12.7 Å². The van der Waals surface area contributed by atoms with Gasteiger partial charge in [0.1, 0.15) is 0 Å². The highest BCUT2D eigenvalue weighted by molar-refractivity contribution is 7.89. The maximum Gasteiger partial charge on any atom is 0.214 e. The van der Waals surface area contributed by atoms with Crippen molar-refractivity contribution in [3.05, 3.63) is 12.7 Å². The molecule has 1 atom stereocenters. The summed E-state index contributed by atoms with van der Waals surface area (Å²) < 4.78 is 25.1. The molecule has 5 heteroatoms. The molecular weight excluding hydrogens is 214 g/mol. The first kappa shape index (κ1) is 12.7. The average Bonchev–Trinajstić information content (AvgIpc) is 2.26. The molecule has 1 heterocycles. The predicted octanol–water partition coefficient (Wildman–Crippen LogP) is 0.597. The molecule has 1 aliphatic heterocycles. The molecule has 88 valence electrons. The first-order chi connectivity index (χ1) is 7.10. The largest absolute Gasteiger partial charge is 0.396 e. The van der Waals surface area contributed by atoms with Crippen molar-refractivity contribution in [2.24, 2.45) is 5.92 Å². The van der Waals surface area contributed by atoms with Gasteiger partial charge in [-0.05, 0) is 25.2 Å². The van der Waals surface area contributed by atoms with Gasteiger partial charge >= 0.3 is 0 Å². The van der Waals surface area contributed by atoms with Gasteiger partial charge in [-0.15, -0.1) is 6.58 Å². The Labute approximate surface area is 91.6 Å². The molecule has 15 heavy (non-hydrogen) atoms. The Morgan fingerprint density at radius 2 is 2.27 bits per heavy atom. The molecule has 1 N–H and O–H groups in total. The number of aliphatic hydroxyl groups excluding tert-OH is 1. The molecule has 0 aromatic rings. The van der Waals surface area contributed by atoms with Crippen LogP contribution < -0.4 is 0 Å². The molecule has 0 spiro atoms. The van der Waals surface area contributed by atoms with E-state index in [-0.39, 0.29) is 18.3 Å². The SMILES string of the molecule is C=CCCS(=O)(=O)N1CCC[C@H](CO)C1. The molecule has 1 aliphatic rings. The van der Waals surface area contributed by atoms with E-state index in [1.807, 2.05) is 0 Å². The van der Waals surface area contributed by atoms with Crippen molar-refractivity contribution in [1.82, 2.24) is 4.31 Å². The lowest BCUT2D eigenvalue weighted by atomic mass is 10.0. The summed E-state index contributed by atoms with van der Waals surface area (Å²) in [4.78, 5) is 0. The van der Waals surface area contributed by atoms with Crippen LogP contribution in [0.25, 0.3) is 0 Å². The fourth-order valence-electron chi connectivity index (χ4n) is 1.79. The van der Waals surface area contributed by atoms with E-state index < -0.39 is 10.0 Å². The van der Waals surface area contributed by atoms with Crippen LogP contribution in [0.5, 0.6) is 0 Å². The van der Waals surface area contributed by atoms with Crippen LogP contribution in [0.1, 0.15) is 19.3 Å². The molecule has 0 aromatic carbocycles. The second-order valence-corrected chi connectivity index (χ2v) is 6.03. The topological polar surface area (TPSA) is 57.6 Å². The van der Waals surface area contributed by atoms with Gasteiger partial charge in [0.2, 0.25) is 10.0 Å². The Balaban J connectivity index is 2.57. The second-order valence-electron chi connectivity index (χ2n) is 3.94. The minimum absolute atomic E-state index is 0.0769. The van der Waals surface area contributed by atoms with Crippen molar-refractivity contribution in [2.45, 2.75) is 19.3 Å². The van der Waals surface area contributed by atoms with Gasteiger partial charge in [-0.2, -0.15) is 0 Å². The molecule has 0 amide bonds. The third kappa shape index (κ3) is 3.59. The number of aliphatic hydroxyl groups is 1. The van der Waals surface area contributed by atoms with Crippen LogP contribution in [-0.2, 0) is 10.0 Å². The normalized spacial score (nSPS) is 23.9. The van der Waals surface area contributed by atoms with Crippen LogP contribution in [0, 0.1) is 5.92 Å². The monoisotopic (exact) mass is 233 g/mol. The predicted molar refractivity (Wildman–Crippen MR) is 60.0 cm³/mol. The van der Waals surface area contributed by atoms with E-state index in [9.17, 15) is 8.42 Å². The highest BCUT2D eigenvalue weighted by Gasteiger charge is 2.27. The smallest absolute Gasteiger partial charge is 0.214 e. The first-order valence-electron chi connectivity index (χ1n) is 5.29. The maximum absolute atomic E-state index is 11.8. The Bertz CT molecular complexity index is 300. The van der Waals surface area contributed by atoms with Gasteiger partial charge in [0.05, 0.1) is 5.75 Å². The average molecular weight is 233 g/mol. The minimum Gasteiger partial charge on any atom is -0.396 e. The number of piperidine rings is 1. The van der Waals surface area contributed by atoms with Gasteiger partial charge in [0.25, 0.3) is 0 Å². The zero-order valence-electron chi connectivity index (χ0n) is 8.93. The van der Waals surface area contributed by atoms with E-state index in [4.69, 9.17) is 5.11 Å². The Hall–Kier alpha value is -0.390. The van der Waals surface area contributed by atoms with Gasteiger partial charge in [0, 0.05) is 19.7 Å². The zero-order valence-corrected chi connectivity index (χ0v) is 9.75. The van der Waals surface area contributed by atoms with E-state index in [0.717, 1.165) is 12.8 Å². The second kappa shape index (κ2) is 5.63. The lowest BCUT2D eigenvalue weighted by Crippen LogP contribution is -2.41. The third-order valence-corrected chi connectivity index (χ3v) is 4.58. The highest BCUT2D eigenvalue weighted by Crippen LogP contribution is 2.19. The molecule has 4 nitrogen and oxygen atoms in total. The zero-order chi connectivity index (χ0) is 11.3. The Morgan fingerprint density at radius 3 is 2.87 bits per heavy atom. The minimum atomic E-state index is -3.14. The van der Waals surface area contributed by atoms with Gasteiger partial charge in [-0.1, -0.05) is 6.08 Å². The molecule has 1 saturated heterocycles. The number of nitrogens with zero attached hydrogens (tertiary/aromatic N) is 1. The fraction of sp³-hybridized carbons (Fsp3) is 0.800. The molecule has 0 bridgehead atoms. The number of hydrogen-bond acceptors (Lipinski definition) is 3.